The van der Waals surface area contributed by atoms with Gasteiger partial charge in [-0.25, -0.2) is 0 Å². The highest BCUT2D eigenvalue weighted by atomic mass is 16.6. The average Bonchev–Trinajstić information content (AvgIpc) is 2.70. The molecule has 6 nitrogen and oxygen atoms in total. The van der Waals surface area contributed by atoms with E-state index in [4.69, 9.17) is 0 Å². The maximum absolute atomic E-state index is 12.4. The fourth-order valence-corrected chi connectivity index (χ4v) is 2.49. The van der Waals surface area contributed by atoms with Crippen molar-refractivity contribution in [3.8, 4) is 0 Å². The Morgan fingerprint density at radius 3 is 2.64 bits per heavy atom. The van der Waals surface area contributed by atoms with E-state index < -0.39 is 10.5 Å². The number of fused-ring (bicyclic) bond motifs is 1. The molecule has 1 aliphatic heterocycles. The molecule has 1 heterocycles. The molecule has 22 heavy (non-hydrogen) atoms. The Hall–Kier alpha value is -2.21. The van der Waals surface area contributed by atoms with Crippen LogP contribution in [0.25, 0.3) is 5.57 Å². The fourth-order valence-electron chi connectivity index (χ4n) is 2.49. The van der Waals surface area contributed by atoms with Gasteiger partial charge in [0.1, 0.15) is 0 Å². The summed E-state index contributed by atoms with van der Waals surface area (Å²) in [7, 11) is 0. The number of nitrogens with zero attached hydrogens (tertiary/aromatic N) is 2. The molecule has 0 aliphatic carbocycles. The summed E-state index contributed by atoms with van der Waals surface area (Å²) < 4.78 is 0. The summed E-state index contributed by atoms with van der Waals surface area (Å²) in [6.45, 7) is 9.54. The number of hydrogen-bond acceptors (Lipinski definition) is 4. The maximum atomic E-state index is 12.4. The summed E-state index contributed by atoms with van der Waals surface area (Å²) in [5.41, 5.74) is 1.20. The van der Waals surface area contributed by atoms with Crippen molar-refractivity contribution in [3.63, 3.8) is 0 Å². The molecular weight excluding hydrogens is 284 g/mol. The van der Waals surface area contributed by atoms with Gasteiger partial charge in [0.2, 0.25) is 0 Å². The molecule has 118 valence electrons. The first-order valence-electron chi connectivity index (χ1n) is 7.09. The first kappa shape index (κ1) is 16.2. The third-order valence-corrected chi connectivity index (χ3v) is 3.75. The molecule has 1 aromatic carbocycles. The summed E-state index contributed by atoms with van der Waals surface area (Å²) >= 11 is 0. The van der Waals surface area contributed by atoms with E-state index in [0.29, 0.717) is 41.8 Å². The molecule has 0 fully saturated rings. The standard InChI is InChI=1S/C16H20N2O4/c1-10(2)12-8-13-11(7-14(12)18(21)22)9-17(15(13)19)6-5-16(3,4)20/h7-8,20H,1,5-6,9H2,2-4H3. The van der Waals surface area contributed by atoms with Crippen LogP contribution in [0, 0.1) is 10.1 Å². The molecule has 0 atom stereocenters. The molecule has 2 rings (SSSR count). The molecule has 0 saturated heterocycles. The summed E-state index contributed by atoms with van der Waals surface area (Å²) in [5, 5.41) is 21.0. The molecule has 1 aromatic rings. The van der Waals surface area contributed by atoms with E-state index in [1.165, 1.54) is 6.07 Å². The van der Waals surface area contributed by atoms with Crippen LogP contribution >= 0.6 is 0 Å². The first-order valence-corrected chi connectivity index (χ1v) is 7.09. The lowest BCUT2D eigenvalue weighted by molar-refractivity contribution is -0.385. The fraction of sp³-hybridized carbons (Fsp3) is 0.438. The van der Waals surface area contributed by atoms with E-state index in [1.54, 1.807) is 31.7 Å². The lowest BCUT2D eigenvalue weighted by atomic mass is 10.00. The third-order valence-electron chi connectivity index (χ3n) is 3.75. The molecule has 1 amide bonds. The van der Waals surface area contributed by atoms with Gasteiger partial charge in [0.05, 0.1) is 16.1 Å². The smallest absolute Gasteiger partial charge is 0.277 e. The van der Waals surface area contributed by atoms with E-state index in [-0.39, 0.29) is 11.6 Å². The van der Waals surface area contributed by atoms with Gasteiger partial charge in [0.25, 0.3) is 11.6 Å². The summed E-state index contributed by atoms with van der Waals surface area (Å²) in [5.74, 6) is -0.156. The van der Waals surface area contributed by atoms with Crippen LogP contribution in [0.2, 0.25) is 0 Å². The van der Waals surface area contributed by atoms with Gasteiger partial charge in [-0.05, 0) is 44.4 Å². The Kier molecular flexibility index (Phi) is 4.06. The van der Waals surface area contributed by atoms with Crippen molar-refractivity contribution in [3.05, 3.63) is 45.5 Å². The Labute approximate surface area is 129 Å². The number of nitro groups is 1. The number of hydrogen-bond donors (Lipinski definition) is 1. The highest BCUT2D eigenvalue weighted by molar-refractivity contribution is 6.00. The average molecular weight is 304 g/mol. The molecule has 0 saturated carbocycles. The Bertz CT molecular complexity index is 659. The van der Waals surface area contributed by atoms with E-state index in [2.05, 4.69) is 6.58 Å². The molecule has 6 heteroatoms. The zero-order valence-corrected chi connectivity index (χ0v) is 13.0. The first-order chi connectivity index (χ1) is 10.1. The number of rotatable bonds is 5. The van der Waals surface area contributed by atoms with Crippen molar-refractivity contribution in [1.29, 1.82) is 0 Å². The Morgan fingerprint density at radius 2 is 2.14 bits per heavy atom. The molecule has 0 aromatic heterocycles. The quantitative estimate of drug-likeness (QED) is 0.669. The monoisotopic (exact) mass is 304 g/mol. The van der Waals surface area contributed by atoms with E-state index in [9.17, 15) is 20.0 Å². The molecular formula is C16H20N2O4. The van der Waals surface area contributed by atoms with Crippen LogP contribution in [-0.4, -0.2) is 33.0 Å². The van der Waals surface area contributed by atoms with Crippen LogP contribution in [0.3, 0.4) is 0 Å². The second-order valence-corrected chi connectivity index (χ2v) is 6.35. The number of nitro benzene ring substituents is 1. The van der Waals surface area contributed by atoms with Gasteiger partial charge in [-0.3, -0.25) is 14.9 Å². The van der Waals surface area contributed by atoms with Crippen molar-refractivity contribution < 1.29 is 14.8 Å². The molecule has 0 spiro atoms. The van der Waals surface area contributed by atoms with Gasteiger partial charge >= 0.3 is 0 Å². The van der Waals surface area contributed by atoms with Gasteiger partial charge in [0, 0.05) is 24.7 Å². The lowest BCUT2D eigenvalue weighted by Gasteiger charge is -2.22. The SMILES string of the molecule is C=C(C)c1cc2c(cc1[N+](=O)[O-])CN(CCC(C)(C)O)C2=O. The van der Waals surface area contributed by atoms with Gasteiger partial charge in [-0.2, -0.15) is 0 Å². The second-order valence-electron chi connectivity index (χ2n) is 6.35. The summed E-state index contributed by atoms with van der Waals surface area (Å²) in [6, 6.07) is 3.02. The van der Waals surface area contributed by atoms with Crippen LogP contribution in [0.4, 0.5) is 5.69 Å². The Balaban J connectivity index is 2.34. The van der Waals surface area contributed by atoms with Gasteiger partial charge in [0.15, 0.2) is 0 Å². The molecule has 0 radical (unpaired) electrons. The van der Waals surface area contributed by atoms with Crippen LogP contribution in [0.15, 0.2) is 18.7 Å². The zero-order chi connectivity index (χ0) is 16.7. The van der Waals surface area contributed by atoms with E-state index in [1.807, 2.05) is 0 Å². The Morgan fingerprint density at radius 1 is 1.50 bits per heavy atom. The highest BCUT2D eigenvalue weighted by Crippen LogP contribution is 2.33. The third kappa shape index (κ3) is 3.17. The number of carbonyl (C=O) groups is 1. The van der Waals surface area contributed by atoms with Crippen LogP contribution < -0.4 is 0 Å². The number of amides is 1. The van der Waals surface area contributed by atoms with Crippen molar-refractivity contribution in [1.82, 2.24) is 4.90 Å². The maximum Gasteiger partial charge on any atom is 0.277 e. The van der Waals surface area contributed by atoms with Gasteiger partial charge in [-0.1, -0.05) is 6.58 Å². The minimum absolute atomic E-state index is 0.0246. The molecule has 1 N–H and O–H groups in total. The van der Waals surface area contributed by atoms with Crippen molar-refractivity contribution in [2.45, 2.75) is 39.3 Å². The molecule has 1 aliphatic rings. The predicted molar refractivity (Wildman–Crippen MR) is 83.5 cm³/mol. The molecule has 0 unspecified atom stereocenters. The van der Waals surface area contributed by atoms with E-state index >= 15 is 0 Å². The topological polar surface area (TPSA) is 83.7 Å². The van der Waals surface area contributed by atoms with Gasteiger partial charge < -0.3 is 10.0 Å². The number of benzene rings is 1. The minimum atomic E-state index is -0.857. The predicted octanol–water partition coefficient (Wildman–Crippen LogP) is 2.74. The summed E-state index contributed by atoms with van der Waals surface area (Å²) in [6.07, 6.45) is 0.447. The van der Waals surface area contributed by atoms with Crippen molar-refractivity contribution in [2.24, 2.45) is 0 Å². The van der Waals surface area contributed by atoms with Crippen molar-refractivity contribution in [2.75, 3.05) is 6.54 Å². The second kappa shape index (κ2) is 5.53. The van der Waals surface area contributed by atoms with E-state index in [0.717, 1.165) is 0 Å². The normalized spacial score (nSPS) is 14.2. The number of aliphatic hydroxyl groups is 1. The number of allylic oxidation sites excluding steroid dienone is 1. The van der Waals surface area contributed by atoms with Crippen LogP contribution in [0.1, 0.15) is 48.7 Å². The van der Waals surface area contributed by atoms with Crippen molar-refractivity contribution >= 4 is 17.2 Å². The largest absolute Gasteiger partial charge is 0.390 e. The number of carbonyl (C=O) groups excluding carboxylic acids is 1. The van der Waals surface area contributed by atoms with Crippen LogP contribution in [-0.2, 0) is 6.54 Å². The van der Waals surface area contributed by atoms with Crippen LogP contribution in [0.5, 0.6) is 0 Å². The highest BCUT2D eigenvalue weighted by Gasteiger charge is 2.31. The summed E-state index contributed by atoms with van der Waals surface area (Å²) in [4.78, 5) is 24.7. The zero-order valence-electron chi connectivity index (χ0n) is 13.0. The molecule has 0 bridgehead atoms. The minimum Gasteiger partial charge on any atom is -0.390 e. The van der Waals surface area contributed by atoms with Gasteiger partial charge in [-0.15, -0.1) is 0 Å². The lowest BCUT2D eigenvalue weighted by Crippen LogP contribution is -2.31.